The second-order valence-corrected chi connectivity index (χ2v) is 8.28. The molecule has 1 aliphatic rings. The fraction of sp³-hybridized carbons (Fsp3) is 0.304. The third-order valence-corrected chi connectivity index (χ3v) is 5.88. The van der Waals surface area contributed by atoms with E-state index in [0.29, 0.717) is 41.9 Å². The van der Waals surface area contributed by atoms with Gasteiger partial charge in [0.15, 0.2) is 5.82 Å². The van der Waals surface area contributed by atoms with E-state index in [-0.39, 0.29) is 24.6 Å². The molecule has 1 amide bonds. The summed E-state index contributed by atoms with van der Waals surface area (Å²) in [6.45, 7) is 3.18. The molecule has 4 heterocycles. The Labute approximate surface area is 204 Å². The molecule has 1 saturated heterocycles. The number of nitrogens with zero attached hydrogens (tertiary/aromatic N) is 9. The van der Waals surface area contributed by atoms with Crippen molar-refractivity contribution in [3.63, 3.8) is 0 Å². The summed E-state index contributed by atoms with van der Waals surface area (Å²) in [7, 11) is 1.81. The summed E-state index contributed by atoms with van der Waals surface area (Å²) in [6.07, 6.45) is 0.937. The topological polar surface area (TPSA) is 107 Å². The van der Waals surface area contributed by atoms with Gasteiger partial charge in [-0.2, -0.15) is 5.10 Å². The Hall–Kier alpha value is -4.42. The average molecular weight is 495 g/mol. The minimum atomic E-state index is -2.54. The van der Waals surface area contributed by atoms with Crippen molar-refractivity contribution < 1.29 is 18.3 Å². The predicted molar refractivity (Wildman–Crippen MR) is 125 cm³/mol. The first-order chi connectivity index (χ1) is 17.4. The molecule has 0 saturated carbocycles. The lowest BCUT2D eigenvalue weighted by Gasteiger charge is -2.33. The zero-order valence-corrected chi connectivity index (χ0v) is 19.6. The van der Waals surface area contributed by atoms with Gasteiger partial charge >= 0.3 is 0 Å². The fourth-order valence-electron chi connectivity index (χ4n) is 3.90. The first-order valence-corrected chi connectivity index (χ1v) is 11.2. The summed E-state index contributed by atoms with van der Waals surface area (Å²) in [6, 6.07) is 9.26. The van der Waals surface area contributed by atoms with Crippen molar-refractivity contribution in [2.24, 2.45) is 7.05 Å². The van der Waals surface area contributed by atoms with Crippen LogP contribution < -0.4 is 14.5 Å². The van der Waals surface area contributed by atoms with Crippen LogP contribution in [0.2, 0.25) is 0 Å². The number of carbonyl (C=O) groups excluding carboxylic acids is 1. The van der Waals surface area contributed by atoms with Gasteiger partial charge in [-0.1, -0.05) is 17.3 Å². The van der Waals surface area contributed by atoms with Crippen LogP contribution in [0.25, 0.3) is 5.69 Å². The number of halogens is 2. The van der Waals surface area contributed by atoms with Crippen molar-refractivity contribution in [3.05, 3.63) is 65.7 Å². The maximum Gasteiger partial charge on any atom is 0.263 e. The van der Waals surface area contributed by atoms with Crippen LogP contribution in [-0.2, 0) is 18.4 Å². The van der Waals surface area contributed by atoms with Gasteiger partial charge in [0, 0.05) is 38.0 Å². The second kappa shape index (κ2) is 9.68. The summed E-state index contributed by atoms with van der Waals surface area (Å²) >= 11 is 0. The van der Waals surface area contributed by atoms with Crippen LogP contribution in [0.5, 0.6) is 5.88 Å². The molecule has 0 N–H and O–H groups in total. The zero-order valence-electron chi connectivity index (χ0n) is 19.6. The summed E-state index contributed by atoms with van der Waals surface area (Å²) < 4.78 is 34.7. The summed E-state index contributed by atoms with van der Waals surface area (Å²) in [4.78, 5) is 16.2. The van der Waals surface area contributed by atoms with E-state index in [4.69, 9.17) is 4.74 Å². The van der Waals surface area contributed by atoms with E-state index >= 15 is 0 Å². The Morgan fingerprint density at radius 2 is 1.83 bits per heavy atom. The largest absolute Gasteiger partial charge is 0.470 e. The summed E-state index contributed by atoms with van der Waals surface area (Å²) in [5, 5.41) is 20.7. The Morgan fingerprint density at radius 1 is 1.03 bits per heavy atom. The lowest BCUT2D eigenvalue weighted by atomic mass is 10.2. The van der Waals surface area contributed by atoms with Crippen LogP contribution in [0, 0.1) is 6.92 Å². The monoisotopic (exact) mass is 495 g/mol. The van der Waals surface area contributed by atoms with Crippen LogP contribution >= 0.6 is 0 Å². The molecule has 5 rings (SSSR count). The normalized spacial score (nSPS) is 14.1. The third-order valence-electron chi connectivity index (χ3n) is 5.88. The van der Waals surface area contributed by atoms with Crippen LogP contribution in [0.4, 0.5) is 20.3 Å². The molecule has 4 aromatic rings. The Morgan fingerprint density at radius 3 is 2.47 bits per heavy atom. The number of amides is 1. The molecule has 0 unspecified atom stereocenters. The van der Waals surface area contributed by atoms with E-state index in [0.717, 1.165) is 5.69 Å². The lowest BCUT2D eigenvalue weighted by molar-refractivity contribution is -0.117. The molecular weight excluding hydrogens is 472 g/mol. The summed E-state index contributed by atoms with van der Waals surface area (Å²) in [5.74, 6) is 0.817. The number of rotatable bonds is 7. The number of hydrogen-bond donors (Lipinski definition) is 0. The number of carbonyl (C=O) groups is 1. The van der Waals surface area contributed by atoms with Crippen LogP contribution in [0.3, 0.4) is 0 Å². The number of aromatic nitrogens is 7. The van der Waals surface area contributed by atoms with Crippen molar-refractivity contribution >= 4 is 17.4 Å². The van der Waals surface area contributed by atoms with Gasteiger partial charge in [-0.25, -0.2) is 13.5 Å². The molecule has 3 aromatic heterocycles. The highest BCUT2D eigenvalue weighted by Crippen LogP contribution is 2.23. The van der Waals surface area contributed by atoms with Crippen molar-refractivity contribution in [3.8, 4) is 11.6 Å². The first kappa shape index (κ1) is 23.3. The van der Waals surface area contributed by atoms with Gasteiger partial charge in [-0.05, 0) is 25.1 Å². The highest BCUT2D eigenvalue weighted by molar-refractivity contribution is 5.97. The lowest BCUT2D eigenvalue weighted by Crippen LogP contribution is -2.50. The minimum Gasteiger partial charge on any atom is -0.470 e. The molecule has 0 spiro atoms. The van der Waals surface area contributed by atoms with Crippen molar-refractivity contribution in [2.45, 2.75) is 20.0 Å². The van der Waals surface area contributed by atoms with E-state index < -0.39 is 6.43 Å². The minimum absolute atomic E-state index is 0.0470. The van der Waals surface area contributed by atoms with Gasteiger partial charge in [-0.3, -0.25) is 9.48 Å². The van der Waals surface area contributed by atoms with E-state index in [9.17, 15) is 13.6 Å². The van der Waals surface area contributed by atoms with Crippen molar-refractivity contribution in [1.82, 2.24) is 35.0 Å². The van der Waals surface area contributed by atoms with E-state index in [1.807, 2.05) is 11.9 Å². The van der Waals surface area contributed by atoms with Gasteiger partial charge < -0.3 is 14.5 Å². The molecule has 186 valence electrons. The number of aryl methyl sites for hydroxylation is 2. The van der Waals surface area contributed by atoms with E-state index in [1.165, 1.54) is 12.1 Å². The van der Waals surface area contributed by atoms with Crippen molar-refractivity contribution in [1.29, 1.82) is 0 Å². The quantitative estimate of drug-likeness (QED) is 0.385. The average Bonchev–Trinajstić information content (AvgIpc) is 3.48. The number of ether oxygens (including phenoxy) is 1. The molecule has 1 aliphatic heterocycles. The predicted octanol–water partition coefficient (Wildman–Crippen LogP) is 2.47. The molecule has 13 heteroatoms. The van der Waals surface area contributed by atoms with Gasteiger partial charge in [-0.15, -0.1) is 15.3 Å². The third kappa shape index (κ3) is 4.72. The number of anilines is 2. The Kier molecular flexibility index (Phi) is 6.27. The van der Waals surface area contributed by atoms with Crippen LogP contribution in [-0.4, -0.2) is 60.5 Å². The molecule has 0 atom stereocenters. The fourth-order valence-corrected chi connectivity index (χ4v) is 3.90. The molecule has 36 heavy (non-hydrogen) atoms. The molecule has 0 aliphatic carbocycles. The number of alkyl halides is 2. The first-order valence-electron chi connectivity index (χ1n) is 11.2. The van der Waals surface area contributed by atoms with Crippen molar-refractivity contribution in [2.75, 3.05) is 29.4 Å². The van der Waals surface area contributed by atoms with E-state index in [2.05, 4.69) is 25.6 Å². The molecule has 1 aromatic carbocycles. The van der Waals surface area contributed by atoms with Gasteiger partial charge in [0.25, 0.3) is 6.43 Å². The standard InChI is InChI=1S/C23H23F2N9O2/c1-15-19(34(30-27-15)17-5-3-16(4-6-17)23(24)25)14-36-21-8-7-20(28-29-21)32-9-10-33(22(35)13-32)18-11-26-31(2)12-18/h3-8,11-12,23H,9-10,13-14H2,1-2H3. The van der Waals surface area contributed by atoms with Crippen LogP contribution in [0.1, 0.15) is 23.4 Å². The maximum atomic E-state index is 12.9. The van der Waals surface area contributed by atoms with Gasteiger partial charge in [0.05, 0.1) is 29.8 Å². The SMILES string of the molecule is Cc1nnn(-c2ccc(C(F)F)cc2)c1COc1ccc(N2CCN(c3cnn(C)c3)C(=O)C2)nn1. The van der Waals surface area contributed by atoms with Gasteiger partial charge in [0.1, 0.15) is 12.3 Å². The number of hydrogen-bond acceptors (Lipinski definition) is 8. The highest BCUT2D eigenvalue weighted by atomic mass is 19.3. The second-order valence-electron chi connectivity index (χ2n) is 8.28. The maximum absolute atomic E-state index is 12.9. The molecule has 0 radical (unpaired) electrons. The molecular formula is C23H23F2N9O2. The zero-order chi connectivity index (χ0) is 25.2. The summed E-state index contributed by atoms with van der Waals surface area (Å²) in [5.41, 5.74) is 2.59. The molecule has 1 fully saturated rings. The van der Waals surface area contributed by atoms with Crippen LogP contribution in [0.15, 0.2) is 48.8 Å². The number of benzene rings is 1. The smallest absolute Gasteiger partial charge is 0.263 e. The van der Waals surface area contributed by atoms with Gasteiger partial charge in [0.2, 0.25) is 11.8 Å². The Bertz CT molecular complexity index is 1350. The molecule has 11 nitrogen and oxygen atoms in total. The Balaban J connectivity index is 1.22. The highest BCUT2D eigenvalue weighted by Gasteiger charge is 2.27. The molecule has 0 bridgehead atoms. The number of piperazine rings is 1. The van der Waals surface area contributed by atoms with E-state index in [1.54, 1.807) is 57.8 Å².